The lowest BCUT2D eigenvalue weighted by atomic mass is 10.1. The van der Waals surface area contributed by atoms with Gasteiger partial charge in [-0.05, 0) is 11.1 Å². The Morgan fingerprint density at radius 2 is 1.00 bits per heavy atom. The molecule has 0 amide bonds. The summed E-state index contributed by atoms with van der Waals surface area (Å²) in [7, 11) is -3.64. The molecule has 0 aliphatic carbocycles. The Bertz CT molecular complexity index is 431. The Labute approximate surface area is 101 Å². The minimum absolute atomic E-state index is 0.854. The van der Waals surface area contributed by atoms with Crippen LogP contribution >= 0.6 is 7.60 Å². The molecule has 0 bridgehead atoms. The lowest BCUT2D eigenvalue weighted by Crippen LogP contribution is -1.73. The second-order valence-corrected chi connectivity index (χ2v) is 5.24. The SMILES string of the molecule is CP(=O)(O)O.c1ccc(-c2ccccc2)cc1. The summed E-state index contributed by atoms with van der Waals surface area (Å²) >= 11 is 0. The standard InChI is InChI=1S/C12H10.CH5O3P/c1-3-7-11(8-4-1)12-9-5-2-6-10-12;1-5(2,3)4/h1-10H;1H3,(H2,2,3,4). The Hall–Kier alpha value is -1.41. The molecule has 17 heavy (non-hydrogen) atoms. The van der Waals surface area contributed by atoms with Gasteiger partial charge < -0.3 is 9.79 Å². The summed E-state index contributed by atoms with van der Waals surface area (Å²) in [4.78, 5) is 15.3. The largest absolute Gasteiger partial charge is 0.325 e. The predicted molar refractivity (Wildman–Crippen MR) is 69.8 cm³/mol. The number of rotatable bonds is 1. The zero-order valence-electron chi connectivity index (χ0n) is 9.52. The molecule has 0 spiro atoms. The van der Waals surface area contributed by atoms with Gasteiger partial charge in [-0.3, -0.25) is 4.57 Å². The van der Waals surface area contributed by atoms with E-state index in [1.54, 1.807) is 0 Å². The van der Waals surface area contributed by atoms with Gasteiger partial charge in [-0.15, -0.1) is 0 Å². The second-order valence-electron chi connectivity index (χ2n) is 3.57. The van der Waals surface area contributed by atoms with E-state index in [0.717, 1.165) is 6.66 Å². The Kier molecular flexibility index (Phi) is 5.11. The average Bonchev–Trinajstić information content (AvgIpc) is 2.29. The van der Waals surface area contributed by atoms with E-state index in [-0.39, 0.29) is 0 Å². The summed E-state index contributed by atoms with van der Waals surface area (Å²) in [6.07, 6.45) is 0. The third kappa shape index (κ3) is 6.69. The monoisotopic (exact) mass is 250 g/mol. The number of hydrogen-bond acceptors (Lipinski definition) is 1. The van der Waals surface area contributed by atoms with Gasteiger partial charge in [-0.25, -0.2) is 0 Å². The zero-order valence-corrected chi connectivity index (χ0v) is 10.4. The van der Waals surface area contributed by atoms with Gasteiger partial charge in [0, 0.05) is 6.66 Å². The molecule has 0 unspecified atom stereocenters. The molecule has 0 radical (unpaired) electrons. The van der Waals surface area contributed by atoms with E-state index in [2.05, 4.69) is 48.5 Å². The maximum atomic E-state index is 9.33. The molecule has 4 heteroatoms. The van der Waals surface area contributed by atoms with Crippen molar-refractivity contribution >= 4 is 7.60 Å². The fourth-order valence-electron chi connectivity index (χ4n) is 1.26. The maximum absolute atomic E-state index is 9.33. The van der Waals surface area contributed by atoms with Gasteiger partial charge in [0.15, 0.2) is 0 Å². The average molecular weight is 250 g/mol. The van der Waals surface area contributed by atoms with Crippen molar-refractivity contribution in [3.8, 4) is 11.1 Å². The molecular formula is C13H15O3P. The van der Waals surface area contributed by atoms with Gasteiger partial charge in [0.1, 0.15) is 0 Å². The van der Waals surface area contributed by atoms with Crippen LogP contribution in [-0.4, -0.2) is 16.5 Å². The van der Waals surface area contributed by atoms with Crippen molar-refractivity contribution in [1.29, 1.82) is 0 Å². The molecule has 0 atom stereocenters. The Balaban J connectivity index is 0.000000249. The summed E-state index contributed by atoms with van der Waals surface area (Å²) in [6.45, 7) is 0.854. The fraction of sp³-hybridized carbons (Fsp3) is 0.0769. The van der Waals surface area contributed by atoms with Gasteiger partial charge in [0.25, 0.3) is 0 Å². The van der Waals surface area contributed by atoms with E-state index >= 15 is 0 Å². The van der Waals surface area contributed by atoms with Crippen LogP contribution < -0.4 is 0 Å². The van der Waals surface area contributed by atoms with E-state index in [1.807, 2.05) is 12.1 Å². The first-order valence-corrected chi connectivity index (χ1v) is 7.16. The van der Waals surface area contributed by atoms with E-state index in [0.29, 0.717) is 0 Å². The lowest BCUT2D eigenvalue weighted by Gasteiger charge is -1.98. The van der Waals surface area contributed by atoms with Crippen LogP contribution in [0.2, 0.25) is 0 Å². The molecular weight excluding hydrogens is 235 g/mol. The van der Waals surface area contributed by atoms with Crippen LogP contribution in [0.4, 0.5) is 0 Å². The first-order valence-electron chi connectivity index (χ1n) is 5.10. The van der Waals surface area contributed by atoms with Crippen LogP contribution in [0.25, 0.3) is 11.1 Å². The fourth-order valence-corrected chi connectivity index (χ4v) is 1.26. The molecule has 90 valence electrons. The van der Waals surface area contributed by atoms with E-state index in [1.165, 1.54) is 11.1 Å². The summed E-state index contributed by atoms with van der Waals surface area (Å²) in [6, 6.07) is 20.8. The van der Waals surface area contributed by atoms with Crippen molar-refractivity contribution in [2.75, 3.05) is 6.66 Å². The van der Waals surface area contributed by atoms with Crippen LogP contribution in [0, 0.1) is 0 Å². The molecule has 0 heterocycles. The van der Waals surface area contributed by atoms with Crippen molar-refractivity contribution in [3.05, 3.63) is 60.7 Å². The van der Waals surface area contributed by atoms with Crippen molar-refractivity contribution in [3.63, 3.8) is 0 Å². The van der Waals surface area contributed by atoms with Crippen LogP contribution in [0.5, 0.6) is 0 Å². The summed E-state index contributed by atoms with van der Waals surface area (Å²) in [5.41, 5.74) is 2.55. The number of benzene rings is 2. The minimum Gasteiger partial charge on any atom is -0.325 e. The highest BCUT2D eigenvalue weighted by Crippen LogP contribution is 2.26. The summed E-state index contributed by atoms with van der Waals surface area (Å²) < 4.78 is 9.33. The normalized spacial score (nSPS) is 10.3. The van der Waals surface area contributed by atoms with Crippen LogP contribution in [-0.2, 0) is 4.57 Å². The molecule has 2 aromatic rings. The van der Waals surface area contributed by atoms with E-state index < -0.39 is 7.60 Å². The lowest BCUT2D eigenvalue weighted by molar-refractivity contribution is 0.381. The molecule has 0 aliphatic heterocycles. The Morgan fingerprint density at radius 1 is 0.765 bits per heavy atom. The molecule has 0 aliphatic rings. The van der Waals surface area contributed by atoms with Crippen LogP contribution in [0.15, 0.2) is 60.7 Å². The predicted octanol–water partition coefficient (Wildman–Crippen LogP) is 3.15. The minimum atomic E-state index is -3.64. The molecule has 3 nitrogen and oxygen atoms in total. The molecule has 0 aromatic heterocycles. The third-order valence-corrected chi connectivity index (χ3v) is 1.88. The topological polar surface area (TPSA) is 57.5 Å². The Morgan fingerprint density at radius 3 is 1.24 bits per heavy atom. The first kappa shape index (κ1) is 13.7. The zero-order chi connectivity index (χ0) is 12.7. The molecule has 0 fully saturated rings. The molecule has 0 saturated heterocycles. The van der Waals surface area contributed by atoms with Crippen molar-refractivity contribution < 1.29 is 14.4 Å². The highest BCUT2D eigenvalue weighted by molar-refractivity contribution is 7.50. The molecule has 2 rings (SSSR count). The maximum Gasteiger partial charge on any atom is 0.322 e. The number of hydrogen-bond donors (Lipinski definition) is 2. The van der Waals surface area contributed by atoms with Crippen LogP contribution in [0.3, 0.4) is 0 Å². The summed E-state index contributed by atoms with van der Waals surface area (Å²) in [5.74, 6) is 0. The van der Waals surface area contributed by atoms with Gasteiger partial charge in [-0.1, -0.05) is 60.7 Å². The molecule has 0 saturated carbocycles. The van der Waals surface area contributed by atoms with Gasteiger partial charge >= 0.3 is 7.60 Å². The van der Waals surface area contributed by atoms with Gasteiger partial charge in [-0.2, -0.15) is 0 Å². The van der Waals surface area contributed by atoms with Gasteiger partial charge in [0.2, 0.25) is 0 Å². The smallest absolute Gasteiger partial charge is 0.322 e. The van der Waals surface area contributed by atoms with Crippen molar-refractivity contribution in [2.45, 2.75) is 0 Å². The second kappa shape index (κ2) is 6.36. The molecule has 2 aromatic carbocycles. The highest BCUT2D eigenvalue weighted by Gasteiger charge is 1.95. The highest BCUT2D eigenvalue weighted by atomic mass is 31.2. The third-order valence-electron chi connectivity index (χ3n) is 1.88. The van der Waals surface area contributed by atoms with Crippen molar-refractivity contribution in [2.24, 2.45) is 0 Å². The van der Waals surface area contributed by atoms with E-state index in [9.17, 15) is 4.57 Å². The quantitative estimate of drug-likeness (QED) is 0.764. The van der Waals surface area contributed by atoms with E-state index in [4.69, 9.17) is 9.79 Å². The molecule has 2 N–H and O–H groups in total. The summed E-state index contributed by atoms with van der Waals surface area (Å²) in [5, 5.41) is 0. The van der Waals surface area contributed by atoms with Crippen molar-refractivity contribution in [1.82, 2.24) is 0 Å². The first-order chi connectivity index (χ1) is 7.97. The van der Waals surface area contributed by atoms with Crippen LogP contribution in [0.1, 0.15) is 0 Å². The van der Waals surface area contributed by atoms with Gasteiger partial charge in [0.05, 0.1) is 0 Å².